The van der Waals surface area contributed by atoms with Crippen LogP contribution in [0.1, 0.15) is 0 Å². The maximum Gasteiger partial charge on any atom is 0.325 e. The third-order valence-corrected chi connectivity index (χ3v) is 2.93. The van der Waals surface area contributed by atoms with Crippen molar-refractivity contribution in [3.63, 3.8) is 0 Å². The van der Waals surface area contributed by atoms with Crippen LogP contribution in [0.15, 0.2) is 23.2 Å². The molecule has 1 aromatic rings. The summed E-state index contributed by atoms with van der Waals surface area (Å²) in [5.41, 5.74) is 0. The number of ether oxygens (including phenoxy) is 1. The SMILES string of the molecule is COC(=O)CNc1ncccc1S(C)(=O)=O. The molecule has 1 rings (SSSR count). The number of esters is 1. The molecule has 7 heteroatoms. The molecule has 0 bridgehead atoms. The van der Waals surface area contributed by atoms with E-state index in [9.17, 15) is 13.2 Å². The van der Waals surface area contributed by atoms with Gasteiger partial charge in [0.15, 0.2) is 9.84 Å². The standard InChI is InChI=1S/C9H12N2O4S/c1-15-8(12)6-11-9-7(16(2,13)14)4-3-5-10-9/h3-5H,6H2,1-2H3,(H,10,11). The summed E-state index contributed by atoms with van der Waals surface area (Å²) in [7, 11) is -2.12. The molecule has 88 valence electrons. The molecule has 0 saturated heterocycles. The Morgan fingerprint density at radius 3 is 2.81 bits per heavy atom. The Balaban J connectivity index is 2.93. The predicted molar refractivity (Wildman–Crippen MR) is 57.9 cm³/mol. The number of methoxy groups -OCH3 is 1. The first kappa shape index (κ1) is 12.4. The van der Waals surface area contributed by atoms with E-state index < -0.39 is 15.8 Å². The first-order valence-corrected chi connectivity index (χ1v) is 6.30. The fourth-order valence-electron chi connectivity index (χ4n) is 1.05. The topological polar surface area (TPSA) is 85.4 Å². The molecule has 1 heterocycles. The normalized spacial score (nSPS) is 10.9. The summed E-state index contributed by atoms with van der Waals surface area (Å²) >= 11 is 0. The van der Waals surface area contributed by atoms with Crippen LogP contribution in [-0.2, 0) is 19.4 Å². The number of hydrogen-bond donors (Lipinski definition) is 1. The van der Waals surface area contributed by atoms with Crippen LogP contribution < -0.4 is 5.32 Å². The van der Waals surface area contributed by atoms with Crippen molar-refractivity contribution in [1.82, 2.24) is 4.98 Å². The minimum absolute atomic E-state index is 0.0545. The highest BCUT2D eigenvalue weighted by Crippen LogP contribution is 2.17. The molecule has 6 nitrogen and oxygen atoms in total. The molecule has 0 fully saturated rings. The summed E-state index contributed by atoms with van der Waals surface area (Å²) in [4.78, 5) is 14.8. The van der Waals surface area contributed by atoms with E-state index >= 15 is 0 Å². The van der Waals surface area contributed by atoms with Crippen molar-refractivity contribution in [1.29, 1.82) is 0 Å². The van der Waals surface area contributed by atoms with E-state index in [4.69, 9.17) is 0 Å². The first-order chi connectivity index (χ1) is 7.45. The average molecular weight is 244 g/mol. The van der Waals surface area contributed by atoms with E-state index in [0.717, 1.165) is 6.26 Å². The van der Waals surface area contributed by atoms with E-state index in [0.29, 0.717) is 0 Å². The number of hydrogen-bond acceptors (Lipinski definition) is 6. The summed E-state index contributed by atoms with van der Waals surface area (Å²) in [6.45, 7) is -0.129. The fraction of sp³-hybridized carbons (Fsp3) is 0.333. The molecule has 0 aromatic carbocycles. The van der Waals surface area contributed by atoms with Crippen LogP contribution in [0.3, 0.4) is 0 Å². The second-order valence-corrected chi connectivity index (χ2v) is 5.04. The maximum atomic E-state index is 11.4. The number of nitrogens with one attached hydrogen (secondary N) is 1. The highest BCUT2D eigenvalue weighted by molar-refractivity contribution is 7.90. The van der Waals surface area contributed by atoms with E-state index in [1.165, 1.54) is 25.4 Å². The quantitative estimate of drug-likeness (QED) is 0.754. The molecule has 0 aliphatic heterocycles. The summed E-state index contributed by atoms with van der Waals surface area (Å²) in [6, 6.07) is 2.93. The largest absolute Gasteiger partial charge is 0.468 e. The number of anilines is 1. The van der Waals surface area contributed by atoms with Gasteiger partial charge in [0.05, 0.1) is 7.11 Å². The van der Waals surface area contributed by atoms with Crippen molar-refractivity contribution in [2.24, 2.45) is 0 Å². The molecule has 0 spiro atoms. The van der Waals surface area contributed by atoms with Crippen LogP contribution in [0.4, 0.5) is 5.82 Å². The zero-order valence-electron chi connectivity index (χ0n) is 8.93. The fourth-order valence-corrected chi connectivity index (χ4v) is 1.85. The van der Waals surface area contributed by atoms with Gasteiger partial charge in [-0.05, 0) is 12.1 Å². The van der Waals surface area contributed by atoms with Crippen molar-refractivity contribution >= 4 is 21.6 Å². The molecule has 0 saturated carbocycles. The number of carbonyl (C=O) groups excluding carboxylic acids is 1. The number of nitrogens with zero attached hydrogens (tertiary/aromatic N) is 1. The van der Waals surface area contributed by atoms with E-state index in [1.54, 1.807) is 0 Å². The van der Waals surface area contributed by atoms with Crippen LogP contribution in [-0.4, -0.2) is 39.3 Å². The molecule has 1 aromatic heterocycles. The van der Waals surface area contributed by atoms with Crippen molar-refractivity contribution in [2.45, 2.75) is 4.90 Å². The summed E-state index contributed by atoms with van der Waals surface area (Å²) in [5.74, 6) is -0.347. The Bertz CT molecular complexity index is 484. The molecular formula is C9H12N2O4S. The Kier molecular flexibility index (Phi) is 3.83. The lowest BCUT2D eigenvalue weighted by atomic mass is 10.4. The zero-order chi connectivity index (χ0) is 12.2. The van der Waals surface area contributed by atoms with Crippen molar-refractivity contribution in [3.8, 4) is 0 Å². The molecule has 1 N–H and O–H groups in total. The van der Waals surface area contributed by atoms with Crippen LogP contribution >= 0.6 is 0 Å². The lowest BCUT2D eigenvalue weighted by Crippen LogP contribution is -2.17. The second kappa shape index (κ2) is 4.93. The van der Waals surface area contributed by atoms with Gasteiger partial charge in [-0.2, -0.15) is 0 Å². The highest BCUT2D eigenvalue weighted by Gasteiger charge is 2.14. The van der Waals surface area contributed by atoms with Crippen molar-refractivity contribution < 1.29 is 17.9 Å². The number of rotatable bonds is 4. The van der Waals surface area contributed by atoms with Gasteiger partial charge >= 0.3 is 5.97 Å². The minimum Gasteiger partial charge on any atom is -0.468 e. The number of aromatic nitrogens is 1. The molecule has 0 unspecified atom stereocenters. The third kappa shape index (κ3) is 3.20. The minimum atomic E-state index is -3.37. The zero-order valence-corrected chi connectivity index (χ0v) is 9.74. The maximum absolute atomic E-state index is 11.4. The van der Waals surface area contributed by atoms with Crippen LogP contribution in [0, 0.1) is 0 Å². The Morgan fingerprint density at radius 1 is 1.56 bits per heavy atom. The smallest absolute Gasteiger partial charge is 0.325 e. The van der Waals surface area contributed by atoms with Gasteiger partial charge in [-0.1, -0.05) is 0 Å². The molecule has 0 atom stereocenters. The van der Waals surface area contributed by atoms with Gasteiger partial charge < -0.3 is 10.1 Å². The van der Waals surface area contributed by atoms with E-state index in [2.05, 4.69) is 15.0 Å². The van der Waals surface area contributed by atoms with Gasteiger partial charge in [0.25, 0.3) is 0 Å². The van der Waals surface area contributed by atoms with Crippen LogP contribution in [0.25, 0.3) is 0 Å². The van der Waals surface area contributed by atoms with Crippen LogP contribution in [0.5, 0.6) is 0 Å². The number of pyridine rings is 1. The van der Waals surface area contributed by atoms with Crippen molar-refractivity contribution in [2.75, 3.05) is 25.2 Å². The summed E-state index contributed by atoms with van der Waals surface area (Å²) < 4.78 is 27.2. The van der Waals surface area contributed by atoms with Gasteiger partial charge in [0, 0.05) is 12.5 Å². The van der Waals surface area contributed by atoms with Gasteiger partial charge in [-0.3, -0.25) is 4.79 Å². The Labute approximate surface area is 93.6 Å². The number of carbonyl (C=O) groups is 1. The number of sulfone groups is 1. The second-order valence-electron chi connectivity index (χ2n) is 3.05. The van der Waals surface area contributed by atoms with Gasteiger partial charge in [0.1, 0.15) is 17.3 Å². The Hall–Kier alpha value is -1.63. The van der Waals surface area contributed by atoms with Crippen LogP contribution in [0.2, 0.25) is 0 Å². The molecule has 16 heavy (non-hydrogen) atoms. The first-order valence-electron chi connectivity index (χ1n) is 4.41. The predicted octanol–water partition coefficient (Wildman–Crippen LogP) is 0.0700. The molecule has 0 aliphatic carbocycles. The Morgan fingerprint density at radius 2 is 2.25 bits per heavy atom. The molecule has 0 radical (unpaired) electrons. The highest BCUT2D eigenvalue weighted by atomic mass is 32.2. The lowest BCUT2D eigenvalue weighted by Gasteiger charge is -2.07. The monoisotopic (exact) mass is 244 g/mol. The van der Waals surface area contributed by atoms with Gasteiger partial charge in [-0.15, -0.1) is 0 Å². The van der Waals surface area contributed by atoms with Gasteiger partial charge in [0.2, 0.25) is 0 Å². The van der Waals surface area contributed by atoms with E-state index in [1.807, 2.05) is 0 Å². The summed E-state index contributed by atoms with van der Waals surface area (Å²) in [5, 5.41) is 2.61. The molecule has 0 amide bonds. The lowest BCUT2D eigenvalue weighted by molar-refractivity contribution is -0.138. The average Bonchev–Trinajstić information content (AvgIpc) is 2.25. The van der Waals surface area contributed by atoms with Gasteiger partial charge in [-0.25, -0.2) is 13.4 Å². The molecular weight excluding hydrogens is 232 g/mol. The third-order valence-electron chi connectivity index (χ3n) is 1.80. The van der Waals surface area contributed by atoms with Crippen molar-refractivity contribution in [3.05, 3.63) is 18.3 Å². The molecule has 0 aliphatic rings. The summed E-state index contributed by atoms with van der Waals surface area (Å²) in [6.07, 6.45) is 2.52. The van der Waals surface area contributed by atoms with E-state index in [-0.39, 0.29) is 17.3 Å².